The Hall–Kier alpha value is -4.02. The molecule has 0 aliphatic carbocycles. The molecule has 11 heteroatoms. The summed E-state index contributed by atoms with van der Waals surface area (Å²) in [5.41, 5.74) is 5.87. The van der Waals surface area contributed by atoms with Crippen molar-refractivity contribution in [2.45, 2.75) is 32.0 Å². The topological polar surface area (TPSA) is 143 Å². The number of hydrogen-bond acceptors (Lipinski definition) is 6. The van der Waals surface area contributed by atoms with Crippen LogP contribution < -0.4 is 5.73 Å². The standard InChI is InChI=1S/C23H28N4O7/c1-14-13-25(21(29)16-7-5-4-6-8-16)11-12-26(14)20(28)15(2)34-19-17(33-3)9-10-27(23(24)32)18(19)22(30)31/h4-10,14-15,18H,11-13H2,1-3H3,(H2,24,32)(H,30,31)/t14-,15?,18?/m1/s1. The quantitative estimate of drug-likeness (QED) is 0.628. The molecule has 1 saturated heterocycles. The fourth-order valence-corrected chi connectivity index (χ4v) is 4.01. The third-order valence-electron chi connectivity index (χ3n) is 5.73. The van der Waals surface area contributed by atoms with Crippen molar-refractivity contribution in [2.75, 3.05) is 26.7 Å². The molecule has 4 amide bonds. The number of amides is 4. The number of hydrogen-bond donors (Lipinski definition) is 2. The fourth-order valence-electron chi connectivity index (χ4n) is 4.01. The Balaban J connectivity index is 1.72. The summed E-state index contributed by atoms with van der Waals surface area (Å²) in [5.74, 6) is -2.03. The van der Waals surface area contributed by atoms with Crippen molar-refractivity contribution in [2.24, 2.45) is 5.73 Å². The number of carbonyl (C=O) groups is 4. The molecule has 0 saturated carbocycles. The third kappa shape index (κ3) is 4.98. The molecule has 0 bridgehead atoms. The minimum Gasteiger partial charge on any atom is -0.493 e. The number of nitrogens with zero attached hydrogens (tertiary/aromatic N) is 3. The molecule has 1 aromatic carbocycles. The Morgan fingerprint density at radius 3 is 2.38 bits per heavy atom. The molecule has 2 aliphatic rings. The smallest absolute Gasteiger partial charge is 0.334 e. The Labute approximate surface area is 197 Å². The Morgan fingerprint density at radius 1 is 1.15 bits per heavy atom. The monoisotopic (exact) mass is 472 g/mol. The predicted molar refractivity (Wildman–Crippen MR) is 120 cm³/mol. The summed E-state index contributed by atoms with van der Waals surface area (Å²) in [6.07, 6.45) is 1.44. The van der Waals surface area contributed by atoms with Crippen molar-refractivity contribution >= 4 is 23.8 Å². The number of carboxylic acid groups (broad SMARTS) is 1. The van der Waals surface area contributed by atoms with Crippen LogP contribution >= 0.6 is 0 Å². The summed E-state index contributed by atoms with van der Waals surface area (Å²) in [4.78, 5) is 53.6. The minimum atomic E-state index is -1.58. The van der Waals surface area contributed by atoms with Crippen LogP contribution in [0.4, 0.5) is 4.79 Å². The average molecular weight is 472 g/mol. The van der Waals surface area contributed by atoms with Crippen molar-refractivity contribution in [3.63, 3.8) is 0 Å². The number of allylic oxidation sites excluding steroid dienone is 1. The first-order chi connectivity index (χ1) is 16.1. The molecule has 34 heavy (non-hydrogen) atoms. The Bertz CT molecular complexity index is 1020. The van der Waals surface area contributed by atoms with E-state index in [-0.39, 0.29) is 35.9 Å². The lowest BCUT2D eigenvalue weighted by Gasteiger charge is -2.41. The number of aliphatic carboxylic acids is 1. The first kappa shape index (κ1) is 24.6. The molecule has 182 valence electrons. The van der Waals surface area contributed by atoms with E-state index in [0.29, 0.717) is 18.7 Å². The van der Waals surface area contributed by atoms with Crippen LogP contribution in [-0.2, 0) is 19.1 Å². The molecule has 1 aromatic rings. The highest BCUT2D eigenvalue weighted by Crippen LogP contribution is 2.26. The second kappa shape index (κ2) is 10.3. The largest absolute Gasteiger partial charge is 0.493 e. The van der Waals surface area contributed by atoms with Crippen molar-refractivity contribution in [3.05, 3.63) is 59.7 Å². The van der Waals surface area contributed by atoms with Gasteiger partial charge in [0.2, 0.25) is 0 Å². The zero-order valence-electron chi connectivity index (χ0n) is 19.2. The van der Waals surface area contributed by atoms with E-state index in [1.165, 1.54) is 26.3 Å². The van der Waals surface area contributed by atoms with Gasteiger partial charge < -0.3 is 30.1 Å². The van der Waals surface area contributed by atoms with Gasteiger partial charge in [0.15, 0.2) is 23.7 Å². The summed E-state index contributed by atoms with van der Waals surface area (Å²) in [6, 6.07) is 6.05. The van der Waals surface area contributed by atoms with Gasteiger partial charge in [-0.25, -0.2) is 9.59 Å². The minimum absolute atomic E-state index is 0.0656. The molecule has 0 radical (unpaired) electrons. The van der Waals surface area contributed by atoms with E-state index in [2.05, 4.69) is 0 Å². The van der Waals surface area contributed by atoms with Gasteiger partial charge in [0, 0.05) is 43.5 Å². The highest BCUT2D eigenvalue weighted by atomic mass is 16.5. The maximum Gasteiger partial charge on any atom is 0.334 e. The average Bonchev–Trinajstić information content (AvgIpc) is 2.82. The van der Waals surface area contributed by atoms with Crippen molar-refractivity contribution < 1.29 is 33.8 Å². The van der Waals surface area contributed by atoms with Gasteiger partial charge >= 0.3 is 12.0 Å². The molecule has 2 aliphatic heterocycles. The highest BCUT2D eigenvalue weighted by molar-refractivity contribution is 5.94. The maximum atomic E-state index is 13.2. The molecule has 3 N–H and O–H groups in total. The zero-order valence-corrected chi connectivity index (χ0v) is 19.2. The second-order valence-corrected chi connectivity index (χ2v) is 7.99. The highest BCUT2D eigenvalue weighted by Gasteiger charge is 2.40. The van der Waals surface area contributed by atoms with Crippen LogP contribution in [0.15, 0.2) is 54.1 Å². The summed E-state index contributed by atoms with van der Waals surface area (Å²) in [5, 5.41) is 9.67. The molecule has 2 unspecified atom stereocenters. The van der Waals surface area contributed by atoms with E-state index in [4.69, 9.17) is 15.2 Å². The van der Waals surface area contributed by atoms with Crippen LogP contribution in [0.5, 0.6) is 0 Å². The van der Waals surface area contributed by atoms with Crippen LogP contribution in [0.3, 0.4) is 0 Å². The van der Waals surface area contributed by atoms with E-state index in [1.807, 2.05) is 13.0 Å². The van der Waals surface area contributed by atoms with Gasteiger partial charge in [-0.1, -0.05) is 18.2 Å². The lowest BCUT2D eigenvalue weighted by atomic mass is 10.1. The number of carboxylic acids is 1. The number of methoxy groups -OCH3 is 1. The van der Waals surface area contributed by atoms with Crippen molar-refractivity contribution in [1.82, 2.24) is 14.7 Å². The second-order valence-electron chi connectivity index (χ2n) is 7.99. The fraction of sp³-hybridized carbons (Fsp3) is 0.391. The van der Waals surface area contributed by atoms with Gasteiger partial charge in [-0.2, -0.15) is 0 Å². The van der Waals surface area contributed by atoms with Gasteiger partial charge in [-0.15, -0.1) is 0 Å². The lowest BCUT2D eigenvalue weighted by molar-refractivity contribution is -0.148. The first-order valence-corrected chi connectivity index (χ1v) is 10.7. The summed E-state index contributed by atoms with van der Waals surface area (Å²) in [6.45, 7) is 4.29. The van der Waals surface area contributed by atoms with E-state index in [0.717, 1.165) is 4.90 Å². The van der Waals surface area contributed by atoms with Crippen molar-refractivity contribution in [1.29, 1.82) is 0 Å². The van der Waals surface area contributed by atoms with Crippen LogP contribution in [0, 0.1) is 0 Å². The molecule has 0 aromatic heterocycles. The summed E-state index contributed by atoms with van der Waals surface area (Å²) < 4.78 is 11.0. The molecule has 2 heterocycles. The van der Waals surface area contributed by atoms with Crippen molar-refractivity contribution in [3.8, 4) is 0 Å². The van der Waals surface area contributed by atoms with E-state index in [9.17, 15) is 24.3 Å². The number of benzene rings is 1. The molecular weight excluding hydrogens is 444 g/mol. The Morgan fingerprint density at radius 2 is 1.82 bits per heavy atom. The van der Waals surface area contributed by atoms with E-state index in [1.54, 1.807) is 34.1 Å². The molecular formula is C23H28N4O7. The lowest BCUT2D eigenvalue weighted by Crippen LogP contribution is -2.57. The molecule has 3 rings (SSSR count). The summed E-state index contributed by atoms with van der Waals surface area (Å²) in [7, 11) is 1.32. The number of primary amides is 1. The normalized spacial score (nSPS) is 21.2. The number of ether oxygens (including phenoxy) is 2. The zero-order chi connectivity index (χ0) is 25.0. The molecule has 1 fully saturated rings. The molecule has 0 spiro atoms. The third-order valence-corrected chi connectivity index (χ3v) is 5.73. The predicted octanol–water partition coefficient (Wildman–Crippen LogP) is 0.984. The van der Waals surface area contributed by atoms with E-state index < -0.39 is 24.1 Å². The van der Waals surface area contributed by atoms with Crippen LogP contribution in [0.2, 0.25) is 0 Å². The van der Waals surface area contributed by atoms with Gasteiger partial charge in [0.05, 0.1) is 7.11 Å². The number of urea groups is 1. The van der Waals surface area contributed by atoms with Gasteiger partial charge in [0.25, 0.3) is 11.8 Å². The molecule has 3 atom stereocenters. The van der Waals surface area contributed by atoms with Gasteiger partial charge in [-0.3, -0.25) is 14.5 Å². The number of rotatable bonds is 6. The van der Waals surface area contributed by atoms with Gasteiger partial charge in [0.1, 0.15) is 0 Å². The number of piperazine rings is 1. The first-order valence-electron chi connectivity index (χ1n) is 10.7. The van der Waals surface area contributed by atoms with Crippen LogP contribution in [0.25, 0.3) is 0 Å². The number of nitrogens with two attached hydrogens (primary N) is 1. The SMILES string of the molecule is COC1=C(OC(C)C(=O)N2CCN(C(=O)c3ccccc3)C[C@H]2C)C(C(=O)O)N(C(N)=O)C=C1. The summed E-state index contributed by atoms with van der Waals surface area (Å²) >= 11 is 0. The maximum absolute atomic E-state index is 13.2. The molecule has 11 nitrogen and oxygen atoms in total. The number of carbonyl (C=O) groups excluding carboxylic acids is 3. The van der Waals surface area contributed by atoms with Crippen LogP contribution in [-0.4, -0.2) is 88.6 Å². The van der Waals surface area contributed by atoms with E-state index >= 15 is 0 Å². The van der Waals surface area contributed by atoms with Crippen LogP contribution in [0.1, 0.15) is 24.2 Å². The Kier molecular flexibility index (Phi) is 7.44. The van der Waals surface area contributed by atoms with Gasteiger partial charge in [-0.05, 0) is 26.0 Å².